The van der Waals surface area contributed by atoms with E-state index in [4.69, 9.17) is 11.1 Å². The molecule has 0 unspecified atom stereocenters. The van der Waals surface area contributed by atoms with Gasteiger partial charge in [-0.25, -0.2) is 0 Å². The van der Waals surface area contributed by atoms with E-state index in [0.717, 1.165) is 27.6 Å². The molecule has 0 aliphatic carbocycles. The van der Waals surface area contributed by atoms with Gasteiger partial charge in [-0.3, -0.25) is 10.4 Å². The van der Waals surface area contributed by atoms with E-state index in [1.165, 1.54) is 16.7 Å². The lowest BCUT2D eigenvalue weighted by Gasteiger charge is -2.12. The zero-order chi connectivity index (χ0) is 15.6. The van der Waals surface area contributed by atoms with Crippen LogP contribution in [0, 0.1) is 33.1 Å². The fourth-order valence-electron chi connectivity index (χ4n) is 2.55. The molecule has 2 aromatic rings. The molecule has 0 aliphatic rings. The average molecular weight is 299 g/mol. The Morgan fingerprint density at radius 2 is 1.71 bits per heavy atom. The molecule has 0 atom stereocenters. The maximum atomic E-state index is 7.76. The van der Waals surface area contributed by atoms with E-state index < -0.39 is 0 Å². The molecule has 21 heavy (non-hydrogen) atoms. The lowest BCUT2D eigenvalue weighted by molar-refractivity contribution is 1.07. The Morgan fingerprint density at radius 3 is 2.29 bits per heavy atom. The van der Waals surface area contributed by atoms with Crippen molar-refractivity contribution >= 4 is 17.6 Å². The number of thioether (sulfide) groups is 1. The van der Waals surface area contributed by atoms with Crippen molar-refractivity contribution in [3.05, 3.63) is 57.9 Å². The topological polar surface area (TPSA) is 62.8 Å². The van der Waals surface area contributed by atoms with Gasteiger partial charge in [0.1, 0.15) is 5.84 Å². The Balaban J connectivity index is 2.29. The van der Waals surface area contributed by atoms with Gasteiger partial charge in [0.15, 0.2) is 0 Å². The van der Waals surface area contributed by atoms with Crippen molar-refractivity contribution in [1.82, 2.24) is 4.98 Å². The molecule has 0 saturated heterocycles. The van der Waals surface area contributed by atoms with E-state index in [-0.39, 0.29) is 5.84 Å². The first-order chi connectivity index (χ1) is 9.86. The Kier molecular flexibility index (Phi) is 4.68. The van der Waals surface area contributed by atoms with Gasteiger partial charge in [0.05, 0.1) is 5.56 Å². The predicted molar refractivity (Wildman–Crippen MR) is 90.2 cm³/mol. The van der Waals surface area contributed by atoms with Crippen LogP contribution in [0.25, 0.3) is 0 Å². The number of amidine groups is 1. The third-order valence-corrected chi connectivity index (χ3v) is 4.35. The third kappa shape index (κ3) is 3.85. The molecular formula is C17H21N3S. The highest BCUT2D eigenvalue weighted by Gasteiger charge is 2.12. The highest BCUT2D eigenvalue weighted by Crippen LogP contribution is 2.28. The van der Waals surface area contributed by atoms with Crippen molar-refractivity contribution in [2.75, 3.05) is 0 Å². The van der Waals surface area contributed by atoms with Crippen LogP contribution in [-0.4, -0.2) is 10.8 Å². The van der Waals surface area contributed by atoms with Crippen LogP contribution in [0.3, 0.4) is 0 Å². The molecule has 2 rings (SSSR count). The quantitative estimate of drug-likeness (QED) is 0.511. The van der Waals surface area contributed by atoms with Gasteiger partial charge in [0.2, 0.25) is 0 Å². The summed E-state index contributed by atoms with van der Waals surface area (Å²) < 4.78 is 0. The van der Waals surface area contributed by atoms with Crippen LogP contribution in [0.1, 0.15) is 33.6 Å². The lowest BCUT2D eigenvalue weighted by atomic mass is 10.1. The number of nitrogens with zero attached hydrogens (tertiary/aromatic N) is 1. The second-order valence-electron chi connectivity index (χ2n) is 5.42. The van der Waals surface area contributed by atoms with E-state index in [1.807, 2.05) is 19.9 Å². The van der Waals surface area contributed by atoms with Gasteiger partial charge in [-0.1, -0.05) is 29.3 Å². The standard InChI is InChI=1S/C17H21N3S/c1-10-5-11(2)7-14(6-10)9-21-15-8-12(3)20-13(4)16(15)17(18)19/h5-8H,9H2,1-4H3,(H3,18,19). The van der Waals surface area contributed by atoms with Crippen LogP contribution in [-0.2, 0) is 5.75 Å². The molecule has 0 amide bonds. The number of hydrogen-bond acceptors (Lipinski definition) is 3. The minimum absolute atomic E-state index is 0.0860. The first kappa shape index (κ1) is 15.6. The van der Waals surface area contributed by atoms with Crippen molar-refractivity contribution in [3.63, 3.8) is 0 Å². The number of aromatic nitrogens is 1. The molecule has 4 heteroatoms. The van der Waals surface area contributed by atoms with Crippen molar-refractivity contribution in [2.45, 2.75) is 38.3 Å². The fourth-order valence-corrected chi connectivity index (χ4v) is 3.69. The van der Waals surface area contributed by atoms with E-state index >= 15 is 0 Å². The average Bonchev–Trinajstić information content (AvgIpc) is 2.33. The van der Waals surface area contributed by atoms with Crippen LogP contribution >= 0.6 is 11.8 Å². The number of aryl methyl sites for hydroxylation is 4. The molecule has 3 N–H and O–H groups in total. The highest BCUT2D eigenvalue weighted by molar-refractivity contribution is 7.98. The number of rotatable bonds is 4. The summed E-state index contributed by atoms with van der Waals surface area (Å²) in [6.07, 6.45) is 0. The van der Waals surface area contributed by atoms with Crippen LogP contribution in [0.5, 0.6) is 0 Å². The molecule has 0 saturated carbocycles. The van der Waals surface area contributed by atoms with Gasteiger partial charge in [0, 0.05) is 22.0 Å². The SMILES string of the molecule is Cc1cc(C)cc(CSc2cc(C)nc(C)c2C(=N)N)c1. The number of pyridine rings is 1. The minimum atomic E-state index is 0.0860. The summed E-state index contributed by atoms with van der Waals surface area (Å²) in [6, 6.07) is 8.59. The van der Waals surface area contributed by atoms with Gasteiger partial charge >= 0.3 is 0 Å². The van der Waals surface area contributed by atoms with E-state index in [0.29, 0.717) is 0 Å². The normalized spacial score (nSPS) is 10.7. The van der Waals surface area contributed by atoms with Gasteiger partial charge in [-0.15, -0.1) is 11.8 Å². The second-order valence-corrected chi connectivity index (χ2v) is 6.44. The van der Waals surface area contributed by atoms with Crippen molar-refractivity contribution in [1.29, 1.82) is 5.41 Å². The second kappa shape index (κ2) is 6.31. The largest absolute Gasteiger partial charge is 0.384 e. The van der Waals surface area contributed by atoms with Gasteiger partial charge in [0.25, 0.3) is 0 Å². The molecular weight excluding hydrogens is 278 g/mol. The first-order valence-corrected chi connectivity index (χ1v) is 7.88. The summed E-state index contributed by atoms with van der Waals surface area (Å²) in [7, 11) is 0. The monoisotopic (exact) mass is 299 g/mol. The molecule has 1 aromatic heterocycles. The summed E-state index contributed by atoms with van der Waals surface area (Å²) >= 11 is 1.71. The zero-order valence-electron chi connectivity index (χ0n) is 12.9. The van der Waals surface area contributed by atoms with Gasteiger partial charge < -0.3 is 5.73 Å². The van der Waals surface area contributed by atoms with Crippen molar-refractivity contribution in [2.24, 2.45) is 5.73 Å². The Bertz CT molecular complexity index is 672. The third-order valence-electron chi connectivity index (χ3n) is 3.24. The number of benzene rings is 1. The summed E-state index contributed by atoms with van der Waals surface area (Å²) in [5, 5.41) is 7.76. The predicted octanol–water partition coefficient (Wildman–Crippen LogP) is 3.89. The molecule has 3 nitrogen and oxygen atoms in total. The molecule has 0 radical (unpaired) electrons. The Labute approximate surface area is 130 Å². The molecule has 110 valence electrons. The van der Waals surface area contributed by atoms with Crippen LogP contribution < -0.4 is 5.73 Å². The van der Waals surface area contributed by atoms with Crippen LogP contribution in [0.15, 0.2) is 29.2 Å². The van der Waals surface area contributed by atoms with E-state index in [9.17, 15) is 0 Å². The zero-order valence-corrected chi connectivity index (χ0v) is 13.8. The maximum absolute atomic E-state index is 7.76. The molecule has 0 aliphatic heterocycles. The fraction of sp³-hybridized carbons (Fsp3) is 0.294. The van der Waals surface area contributed by atoms with E-state index in [1.54, 1.807) is 11.8 Å². The first-order valence-electron chi connectivity index (χ1n) is 6.89. The summed E-state index contributed by atoms with van der Waals surface area (Å²) in [4.78, 5) is 5.44. The maximum Gasteiger partial charge on any atom is 0.125 e. The highest BCUT2D eigenvalue weighted by atomic mass is 32.2. The molecule has 1 heterocycles. The Hall–Kier alpha value is -1.81. The smallest absolute Gasteiger partial charge is 0.125 e. The number of nitrogen functional groups attached to an aromatic ring is 1. The van der Waals surface area contributed by atoms with Crippen LogP contribution in [0.2, 0.25) is 0 Å². The summed E-state index contributed by atoms with van der Waals surface area (Å²) in [6.45, 7) is 8.11. The number of nitrogens with two attached hydrogens (primary N) is 1. The number of nitrogens with one attached hydrogen (secondary N) is 1. The van der Waals surface area contributed by atoms with Crippen LogP contribution in [0.4, 0.5) is 0 Å². The Morgan fingerprint density at radius 1 is 1.10 bits per heavy atom. The minimum Gasteiger partial charge on any atom is -0.384 e. The lowest BCUT2D eigenvalue weighted by Crippen LogP contribution is -2.15. The number of hydrogen-bond donors (Lipinski definition) is 2. The molecule has 0 fully saturated rings. The van der Waals surface area contributed by atoms with Gasteiger partial charge in [-0.2, -0.15) is 0 Å². The van der Waals surface area contributed by atoms with Gasteiger partial charge in [-0.05, 0) is 39.3 Å². The van der Waals surface area contributed by atoms with E-state index in [2.05, 4.69) is 37.0 Å². The summed E-state index contributed by atoms with van der Waals surface area (Å²) in [5.41, 5.74) is 12.1. The molecule has 0 bridgehead atoms. The van der Waals surface area contributed by atoms with Crippen molar-refractivity contribution < 1.29 is 0 Å². The van der Waals surface area contributed by atoms with Crippen molar-refractivity contribution in [3.8, 4) is 0 Å². The molecule has 0 spiro atoms. The summed E-state index contributed by atoms with van der Waals surface area (Å²) in [5.74, 6) is 0.953. The molecule has 1 aromatic carbocycles.